The van der Waals surface area contributed by atoms with Crippen molar-refractivity contribution in [3.63, 3.8) is 0 Å². The van der Waals surface area contributed by atoms with Crippen molar-refractivity contribution in [2.24, 2.45) is 0 Å². The van der Waals surface area contributed by atoms with Gasteiger partial charge in [0.05, 0.1) is 12.7 Å². The molecule has 0 fully saturated rings. The summed E-state index contributed by atoms with van der Waals surface area (Å²) < 4.78 is 5.60. The van der Waals surface area contributed by atoms with Gasteiger partial charge in [0.25, 0.3) is 0 Å². The predicted octanol–water partition coefficient (Wildman–Crippen LogP) is 3.60. The maximum Gasteiger partial charge on any atom is 0.0605 e. The molecule has 0 aliphatic rings. The minimum atomic E-state index is 0.452. The van der Waals surface area contributed by atoms with Gasteiger partial charge < -0.3 is 4.74 Å². The van der Waals surface area contributed by atoms with E-state index < -0.39 is 0 Å². The van der Waals surface area contributed by atoms with Crippen LogP contribution in [0.15, 0.2) is 0 Å². The van der Waals surface area contributed by atoms with E-state index in [0.717, 1.165) is 0 Å². The molecule has 2 heteroatoms. The third-order valence-electron chi connectivity index (χ3n) is 1.92. The average Bonchev–Trinajstić information content (AvgIpc) is 2.10. The first-order valence-electron chi connectivity index (χ1n) is 5.02. The molecule has 0 N–H and O–H groups in total. The highest BCUT2D eigenvalue weighted by Gasteiger charge is 2.06. The molecular weight excluding hydrogens is 172 g/mol. The summed E-state index contributed by atoms with van der Waals surface area (Å²) in [4.78, 5) is 0. The molecule has 74 valence electrons. The van der Waals surface area contributed by atoms with Gasteiger partial charge in [-0.2, -0.15) is 0 Å². The first kappa shape index (κ1) is 12.2. The summed E-state index contributed by atoms with van der Waals surface area (Å²) in [6.45, 7) is 5.11. The van der Waals surface area contributed by atoms with Crippen LogP contribution in [-0.4, -0.2) is 18.6 Å². The van der Waals surface area contributed by atoms with E-state index in [-0.39, 0.29) is 0 Å². The number of unbranched alkanes of at least 4 members (excludes halogenated alkanes) is 1. The molecule has 0 aromatic carbocycles. The molecule has 1 unspecified atom stereocenters. The minimum absolute atomic E-state index is 0.452. The van der Waals surface area contributed by atoms with Crippen molar-refractivity contribution in [1.29, 1.82) is 0 Å². The highest BCUT2D eigenvalue weighted by Crippen LogP contribution is 2.10. The Morgan fingerprint density at radius 2 is 1.92 bits per heavy atom. The van der Waals surface area contributed by atoms with Crippen molar-refractivity contribution < 1.29 is 4.74 Å². The maximum absolute atomic E-state index is 5.60. The van der Waals surface area contributed by atoms with Gasteiger partial charge in [0, 0.05) is 5.88 Å². The lowest BCUT2D eigenvalue weighted by molar-refractivity contribution is 0.0500. The van der Waals surface area contributed by atoms with Crippen molar-refractivity contribution in [2.75, 3.05) is 12.5 Å². The Bertz CT molecular complexity index is 77.9. The fourth-order valence-electron chi connectivity index (χ4n) is 1.28. The summed E-state index contributed by atoms with van der Waals surface area (Å²) in [5.74, 6) is 0.617. The fraction of sp³-hybridized carbons (Fsp3) is 1.00. The molecular formula is C10H21ClO. The van der Waals surface area contributed by atoms with Crippen LogP contribution in [0.1, 0.15) is 46.0 Å². The molecule has 1 nitrogen and oxygen atoms in total. The van der Waals surface area contributed by atoms with Crippen LogP contribution in [0.2, 0.25) is 0 Å². The zero-order valence-electron chi connectivity index (χ0n) is 8.31. The van der Waals surface area contributed by atoms with Crippen molar-refractivity contribution in [1.82, 2.24) is 0 Å². The first-order valence-corrected chi connectivity index (χ1v) is 5.56. The normalized spacial score (nSPS) is 13.2. The summed E-state index contributed by atoms with van der Waals surface area (Å²) >= 11 is 5.55. The molecule has 0 radical (unpaired) electrons. The zero-order chi connectivity index (χ0) is 9.23. The van der Waals surface area contributed by atoms with Crippen LogP contribution in [-0.2, 0) is 4.74 Å². The topological polar surface area (TPSA) is 9.23 Å². The van der Waals surface area contributed by atoms with Gasteiger partial charge in [0.2, 0.25) is 0 Å². The smallest absolute Gasteiger partial charge is 0.0605 e. The number of hydrogen-bond acceptors (Lipinski definition) is 1. The molecule has 0 aromatic heterocycles. The van der Waals surface area contributed by atoms with Gasteiger partial charge in [-0.25, -0.2) is 0 Å². The van der Waals surface area contributed by atoms with Crippen LogP contribution in [0.5, 0.6) is 0 Å². The molecule has 0 aliphatic heterocycles. The van der Waals surface area contributed by atoms with Crippen molar-refractivity contribution >= 4 is 11.6 Å². The summed E-state index contributed by atoms with van der Waals surface area (Å²) in [5.41, 5.74) is 0. The molecule has 0 bridgehead atoms. The van der Waals surface area contributed by atoms with E-state index in [1.54, 1.807) is 0 Å². The van der Waals surface area contributed by atoms with Gasteiger partial charge in [-0.3, -0.25) is 0 Å². The lowest BCUT2D eigenvalue weighted by Gasteiger charge is -2.15. The summed E-state index contributed by atoms with van der Waals surface area (Å²) in [7, 11) is 0. The van der Waals surface area contributed by atoms with Crippen LogP contribution in [0, 0.1) is 0 Å². The molecule has 12 heavy (non-hydrogen) atoms. The van der Waals surface area contributed by atoms with Gasteiger partial charge in [0.15, 0.2) is 0 Å². The SMILES string of the molecule is CCCCC(CCC)OCCCl. The summed E-state index contributed by atoms with van der Waals surface area (Å²) in [6, 6.07) is 0. The Labute approximate surface area is 81.4 Å². The molecule has 0 rings (SSSR count). The Morgan fingerprint density at radius 3 is 2.42 bits per heavy atom. The number of ether oxygens (including phenoxy) is 1. The zero-order valence-corrected chi connectivity index (χ0v) is 9.07. The van der Waals surface area contributed by atoms with E-state index in [2.05, 4.69) is 13.8 Å². The van der Waals surface area contributed by atoms with Crippen LogP contribution in [0.4, 0.5) is 0 Å². The maximum atomic E-state index is 5.60. The second kappa shape index (κ2) is 9.34. The third-order valence-corrected chi connectivity index (χ3v) is 2.08. The van der Waals surface area contributed by atoms with Crippen molar-refractivity contribution in [3.8, 4) is 0 Å². The molecule has 1 atom stereocenters. The van der Waals surface area contributed by atoms with E-state index in [1.165, 1.54) is 32.1 Å². The van der Waals surface area contributed by atoms with Crippen LogP contribution < -0.4 is 0 Å². The second-order valence-electron chi connectivity index (χ2n) is 3.11. The molecule has 0 saturated carbocycles. The van der Waals surface area contributed by atoms with E-state index in [0.29, 0.717) is 18.6 Å². The van der Waals surface area contributed by atoms with Gasteiger partial charge in [-0.15, -0.1) is 11.6 Å². The Kier molecular flexibility index (Phi) is 9.53. The lowest BCUT2D eigenvalue weighted by atomic mass is 10.1. The first-order chi connectivity index (χ1) is 5.85. The Morgan fingerprint density at radius 1 is 1.17 bits per heavy atom. The van der Waals surface area contributed by atoms with Crippen LogP contribution in [0.3, 0.4) is 0 Å². The fourth-order valence-corrected chi connectivity index (χ4v) is 1.37. The molecule has 0 spiro atoms. The van der Waals surface area contributed by atoms with Crippen molar-refractivity contribution in [2.45, 2.75) is 52.1 Å². The van der Waals surface area contributed by atoms with E-state index in [9.17, 15) is 0 Å². The molecule has 0 saturated heterocycles. The quantitative estimate of drug-likeness (QED) is 0.534. The monoisotopic (exact) mass is 192 g/mol. The number of halogens is 1. The number of alkyl halides is 1. The van der Waals surface area contributed by atoms with Crippen LogP contribution in [0.25, 0.3) is 0 Å². The van der Waals surface area contributed by atoms with Gasteiger partial charge >= 0.3 is 0 Å². The van der Waals surface area contributed by atoms with Gasteiger partial charge in [-0.1, -0.05) is 33.1 Å². The van der Waals surface area contributed by atoms with Gasteiger partial charge in [-0.05, 0) is 12.8 Å². The second-order valence-corrected chi connectivity index (χ2v) is 3.49. The summed E-state index contributed by atoms with van der Waals surface area (Å²) in [5, 5.41) is 0. The van der Waals surface area contributed by atoms with E-state index >= 15 is 0 Å². The minimum Gasteiger partial charge on any atom is -0.377 e. The standard InChI is InChI=1S/C10H21ClO/c1-3-5-7-10(6-4-2)12-9-8-11/h10H,3-9H2,1-2H3. The number of rotatable bonds is 8. The van der Waals surface area contributed by atoms with Crippen LogP contribution >= 0.6 is 11.6 Å². The predicted molar refractivity (Wildman–Crippen MR) is 54.9 cm³/mol. The average molecular weight is 193 g/mol. The largest absolute Gasteiger partial charge is 0.377 e. The van der Waals surface area contributed by atoms with E-state index in [1.807, 2.05) is 0 Å². The highest BCUT2D eigenvalue weighted by molar-refractivity contribution is 6.17. The highest BCUT2D eigenvalue weighted by atomic mass is 35.5. The molecule has 0 aliphatic carbocycles. The Balaban J connectivity index is 3.40. The third kappa shape index (κ3) is 6.93. The van der Waals surface area contributed by atoms with Gasteiger partial charge in [0.1, 0.15) is 0 Å². The van der Waals surface area contributed by atoms with Crippen molar-refractivity contribution in [3.05, 3.63) is 0 Å². The van der Waals surface area contributed by atoms with E-state index in [4.69, 9.17) is 16.3 Å². The Hall–Kier alpha value is 0.250. The summed E-state index contributed by atoms with van der Waals surface area (Å²) in [6.07, 6.45) is 6.56. The lowest BCUT2D eigenvalue weighted by Crippen LogP contribution is -2.14. The molecule has 0 heterocycles. The molecule has 0 amide bonds. The molecule has 0 aromatic rings. The number of hydrogen-bond donors (Lipinski definition) is 0.